The van der Waals surface area contributed by atoms with E-state index >= 15 is 0 Å². The lowest BCUT2D eigenvalue weighted by Gasteiger charge is -2.36. The number of hydrogen-bond donors (Lipinski definition) is 2. The van der Waals surface area contributed by atoms with Gasteiger partial charge in [-0.15, -0.1) is 0 Å². The van der Waals surface area contributed by atoms with Gasteiger partial charge in [-0.05, 0) is 31.2 Å². The molecule has 0 aliphatic carbocycles. The summed E-state index contributed by atoms with van der Waals surface area (Å²) in [5, 5.41) is 13.8. The third-order valence-electron chi connectivity index (χ3n) is 4.69. The van der Waals surface area contributed by atoms with Crippen molar-refractivity contribution in [1.82, 2.24) is 10.2 Å². The largest absolute Gasteiger partial charge is 0.378 e. The van der Waals surface area contributed by atoms with E-state index in [0.29, 0.717) is 17.6 Å². The van der Waals surface area contributed by atoms with Crippen molar-refractivity contribution in [3.05, 3.63) is 35.9 Å². The second kappa shape index (κ2) is 5.54. The van der Waals surface area contributed by atoms with Crippen LogP contribution in [0.3, 0.4) is 0 Å². The van der Waals surface area contributed by atoms with Crippen LogP contribution in [0.25, 0.3) is 0 Å². The smallest absolute Gasteiger partial charge is 0.256 e. The maximum Gasteiger partial charge on any atom is 0.256 e. The first-order chi connectivity index (χ1) is 9.65. The number of likely N-dealkylation sites (N-methyl/N-ethyl adjacent to an activating group) is 1. The fourth-order valence-corrected chi connectivity index (χ4v) is 3.49. The second-order valence-electron chi connectivity index (χ2n) is 6.03. The molecule has 2 fully saturated rings. The van der Waals surface area contributed by atoms with Crippen LogP contribution in [0.2, 0.25) is 0 Å². The molecule has 0 spiro atoms. The minimum absolute atomic E-state index is 0.192. The van der Waals surface area contributed by atoms with Crippen molar-refractivity contribution in [2.45, 2.75) is 49.9 Å². The highest BCUT2D eigenvalue weighted by atomic mass is 16.3. The minimum Gasteiger partial charge on any atom is -0.378 e. The highest BCUT2D eigenvalue weighted by Gasteiger charge is 2.37. The number of benzene rings is 1. The van der Waals surface area contributed by atoms with Crippen LogP contribution in [0.1, 0.15) is 37.4 Å². The molecule has 3 unspecified atom stereocenters. The first kappa shape index (κ1) is 13.6. The van der Waals surface area contributed by atoms with Crippen molar-refractivity contribution >= 4 is 5.91 Å². The first-order valence-corrected chi connectivity index (χ1v) is 7.41. The summed E-state index contributed by atoms with van der Waals surface area (Å²) in [7, 11) is 1.82. The molecule has 1 aromatic rings. The molecule has 2 aliphatic heterocycles. The molecule has 108 valence electrons. The van der Waals surface area contributed by atoms with Gasteiger partial charge >= 0.3 is 0 Å². The lowest BCUT2D eigenvalue weighted by molar-refractivity contribution is -0.142. The summed E-state index contributed by atoms with van der Waals surface area (Å²) >= 11 is 0. The number of fused-ring (bicyclic) bond motifs is 2. The fraction of sp³-hybridized carbons (Fsp3) is 0.562. The number of aliphatic hydroxyl groups excluding tert-OH is 1. The van der Waals surface area contributed by atoms with Crippen LogP contribution in [0.4, 0.5) is 0 Å². The average molecular weight is 274 g/mol. The van der Waals surface area contributed by atoms with Gasteiger partial charge in [-0.3, -0.25) is 4.79 Å². The normalized spacial score (nSPS) is 30.0. The Labute approximate surface area is 119 Å². The molecule has 1 aromatic carbocycles. The molecular formula is C16H22N2O2. The van der Waals surface area contributed by atoms with Crippen LogP contribution in [0.15, 0.2) is 30.3 Å². The number of rotatable bonds is 3. The molecule has 2 N–H and O–H groups in total. The summed E-state index contributed by atoms with van der Waals surface area (Å²) in [4.78, 5) is 14.2. The van der Waals surface area contributed by atoms with Crippen LogP contribution in [-0.2, 0) is 4.79 Å². The monoisotopic (exact) mass is 274 g/mol. The van der Waals surface area contributed by atoms with Crippen molar-refractivity contribution in [2.75, 3.05) is 7.05 Å². The lowest BCUT2D eigenvalue weighted by atomic mass is 9.97. The summed E-state index contributed by atoms with van der Waals surface area (Å²) < 4.78 is 0. The molecule has 0 radical (unpaired) electrons. The van der Waals surface area contributed by atoms with Crippen LogP contribution in [-0.4, -0.2) is 41.1 Å². The van der Waals surface area contributed by atoms with Gasteiger partial charge in [0.2, 0.25) is 0 Å². The van der Waals surface area contributed by atoms with E-state index in [0.717, 1.165) is 12.8 Å². The van der Waals surface area contributed by atoms with Gasteiger partial charge in [0.15, 0.2) is 6.10 Å². The van der Waals surface area contributed by atoms with Gasteiger partial charge < -0.3 is 15.3 Å². The number of amides is 1. The van der Waals surface area contributed by atoms with Crippen LogP contribution < -0.4 is 5.32 Å². The Morgan fingerprint density at radius 1 is 1.25 bits per heavy atom. The Kier molecular flexibility index (Phi) is 3.76. The summed E-state index contributed by atoms with van der Waals surface area (Å²) in [5.41, 5.74) is 0.668. The molecule has 2 bridgehead atoms. The Morgan fingerprint density at radius 2 is 1.85 bits per heavy atom. The summed E-state index contributed by atoms with van der Waals surface area (Å²) in [5.74, 6) is -0.192. The molecule has 20 heavy (non-hydrogen) atoms. The molecule has 2 aliphatic rings. The first-order valence-electron chi connectivity index (χ1n) is 7.41. The number of carbonyl (C=O) groups excluding carboxylic acids is 1. The fourth-order valence-electron chi connectivity index (χ4n) is 3.49. The van der Waals surface area contributed by atoms with Gasteiger partial charge in [0, 0.05) is 25.2 Å². The quantitative estimate of drug-likeness (QED) is 0.877. The van der Waals surface area contributed by atoms with Crippen molar-refractivity contribution in [3.8, 4) is 0 Å². The predicted molar refractivity (Wildman–Crippen MR) is 77.1 cm³/mol. The van der Waals surface area contributed by atoms with Gasteiger partial charge in [-0.1, -0.05) is 30.3 Å². The Morgan fingerprint density at radius 3 is 2.45 bits per heavy atom. The van der Waals surface area contributed by atoms with Crippen molar-refractivity contribution in [1.29, 1.82) is 0 Å². The van der Waals surface area contributed by atoms with Gasteiger partial charge in [-0.25, -0.2) is 0 Å². The maximum atomic E-state index is 12.4. The average Bonchev–Trinajstić information content (AvgIpc) is 2.84. The van der Waals surface area contributed by atoms with E-state index in [1.807, 2.05) is 25.2 Å². The number of aliphatic hydroxyl groups is 1. The molecule has 4 heteroatoms. The third-order valence-corrected chi connectivity index (χ3v) is 4.69. The van der Waals surface area contributed by atoms with Gasteiger partial charge in [0.25, 0.3) is 5.91 Å². The number of nitrogens with one attached hydrogen (secondary N) is 1. The van der Waals surface area contributed by atoms with E-state index in [1.165, 1.54) is 12.8 Å². The maximum absolute atomic E-state index is 12.4. The summed E-state index contributed by atoms with van der Waals surface area (Å²) in [6.07, 6.45) is 3.38. The van der Waals surface area contributed by atoms with E-state index in [2.05, 4.69) is 5.32 Å². The number of nitrogens with zero attached hydrogens (tertiary/aromatic N) is 1. The molecule has 2 heterocycles. The summed E-state index contributed by atoms with van der Waals surface area (Å²) in [6.45, 7) is 0. The molecule has 2 saturated heterocycles. The van der Waals surface area contributed by atoms with E-state index in [9.17, 15) is 9.90 Å². The zero-order valence-corrected chi connectivity index (χ0v) is 11.8. The number of carbonyl (C=O) groups is 1. The van der Waals surface area contributed by atoms with Crippen LogP contribution in [0.5, 0.6) is 0 Å². The van der Waals surface area contributed by atoms with Crippen molar-refractivity contribution in [3.63, 3.8) is 0 Å². The standard InChI is InChI=1S/C16H22N2O2/c1-18(14-9-12-7-8-13(10-14)17-12)16(20)15(19)11-5-3-2-4-6-11/h2-6,12-15,17,19H,7-10H2,1H3. The highest BCUT2D eigenvalue weighted by molar-refractivity contribution is 5.82. The zero-order chi connectivity index (χ0) is 14.1. The molecular weight excluding hydrogens is 252 g/mol. The molecule has 0 aromatic heterocycles. The van der Waals surface area contributed by atoms with Crippen molar-refractivity contribution in [2.24, 2.45) is 0 Å². The topological polar surface area (TPSA) is 52.6 Å². The number of hydrogen-bond acceptors (Lipinski definition) is 3. The van der Waals surface area contributed by atoms with Crippen LogP contribution in [0, 0.1) is 0 Å². The highest BCUT2D eigenvalue weighted by Crippen LogP contribution is 2.30. The predicted octanol–water partition coefficient (Wildman–Crippen LogP) is 1.46. The van der Waals surface area contributed by atoms with E-state index in [1.54, 1.807) is 17.0 Å². The minimum atomic E-state index is -1.05. The Hall–Kier alpha value is -1.39. The van der Waals surface area contributed by atoms with E-state index < -0.39 is 6.10 Å². The molecule has 4 nitrogen and oxygen atoms in total. The van der Waals surface area contributed by atoms with E-state index in [-0.39, 0.29) is 11.9 Å². The number of piperidine rings is 1. The van der Waals surface area contributed by atoms with Gasteiger partial charge in [-0.2, -0.15) is 0 Å². The van der Waals surface area contributed by atoms with Gasteiger partial charge in [0.05, 0.1) is 0 Å². The Balaban J connectivity index is 1.67. The van der Waals surface area contributed by atoms with Crippen LogP contribution >= 0.6 is 0 Å². The second-order valence-corrected chi connectivity index (χ2v) is 6.03. The molecule has 3 atom stereocenters. The molecule has 3 rings (SSSR count). The van der Waals surface area contributed by atoms with Crippen molar-refractivity contribution < 1.29 is 9.90 Å². The third kappa shape index (κ3) is 2.58. The lowest BCUT2D eigenvalue weighted by Crippen LogP contribution is -2.49. The summed E-state index contributed by atoms with van der Waals surface area (Å²) in [6, 6.07) is 10.5. The zero-order valence-electron chi connectivity index (χ0n) is 11.8. The molecule has 1 amide bonds. The van der Waals surface area contributed by atoms with Gasteiger partial charge in [0.1, 0.15) is 0 Å². The SMILES string of the molecule is CN(C(=O)C(O)c1ccccc1)C1CC2CCC(C1)N2. The van der Waals surface area contributed by atoms with E-state index in [4.69, 9.17) is 0 Å². The molecule has 0 saturated carbocycles. The Bertz CT molecular complexity index is 465.